The summed E-state index contributed by atoms with van der Waals surface area (Å²) >= 11 is 0. The van der Waals surface area contributed by atoms with Gasteiger partial charge in [0.1, 0.15) is 11.7 Å². The summed E-state index contributed by atoms with van der Waals surface area (Å²) in [6, 6.07) is 3.59. The number of nitrogens with one attached hydrogen (secondary N) is 2. The Labute approximate surface area is 108 Å². The van der Waals surface area contributed by atoms with Gasteiger partial charge in [0.05, 0.1) is 4.92 Å². The number of anilines is 2. The number of hydrogen-bond acceptors (Lipinski definition) is 6. The minimum absolute atomic E-state index is 0.0160. The van der Waals surface area contributed by atoms with Crippen LogP contribution in [0, 0.1) is 10.1 Å². The van der Waals surface area contributed by atoms with Gasteiger partial charge in [-0.1, -0.05) is 0 Å². The monoisotopic (exact) mass is 264 g/mol. The Morgan fingerprint density at radius 2 is 2.16 bits per heavy atom. The second kappa shape index (κ2) is 4.92. The average molecular weight is 264 g/mol. The van der Waals surface area contributed by atoms with E-state index in [9.17, 15) is 19.7 Å². The van der Waals surface area contributed by atoms with Crippen molar-refractivity contribution >= 4 is 28.9 Å². The van der Waals surface area contributed by atoms with Gasteiger partial charge in [-0.25, -0.2) is 0 Å². The minimum atomic E-state index is -0.578. The van der Waals surface area contributed by atoms with Crippen molar-refractivity contribution in [1.29, 1.82) is 0 Å². The lowest BCUT2D eigenvalue weighted by molar-refractivity contribution is -0.383. The van der Waals surface area contributed by atoms with Crippen molar-refractivity contribution in [3.05, 3.63) is 28.3 Å². The second-order valence-corrected chi connectivity index (χ2v) is 4.18. The summed E-state index contributed by atoms with van der Waals surface area (Å²) in [5.74, 6) is -0.709. The zero-order valence-corrected chi connectivity index (χ0v) is 9.88. The maximum Gasteiger partial charge on any atom is 0.292 e. The van der Waals surface area contributed by atoms with Gasteiger partial charge in [-0.2, -0.15) is 0 Å². The first-order valence-electron chi connectivity index (χ1n) is 5.61. The van der Waals surface area contributed by atoms with E-state index in [0.717, 1.165) is 0 Å². The highest BCUT2D eigenvalue weighted by Crippen LogP contribution is 2.25. The van der Waals surface area contributed by atoms with Gasteiger partial charge in [-0.15, -0.1) is 0 Å². The minimum Gasteiger partial charge on any atom is -0.393 e. The summed E-state index contributed by atoms with van der Waals surface area (Å²) in [5.41, 5.74) is 5.88. The number of nitrogens with zero attached hydrogens (tertiary/aromatic N) is 1. The molecule has 1 fully saturated rings. The standard InChI is InChI=1S/C11H12N4O4/c12-7-5-6(1-3-9(7)15(18)19)13-8-2-4-10(16)14-11(8)17/h1,3,5,8,13H,2,4,12H2,(H,14,16,17). The fraction of sp³-hybridized carbons (Fsp3) is 0.273. The Bertz CT molecular complexity index is 558. The fourth-order valence-corrected chi connectivity index (χ4v) is 1.84. The number of imide groups is 1. The third kappa shape index (κ3) is 2.79. The van der Waals surface area contributed by atoms with Gasteiger partial charge in [0, 0.05) is 18.2 Å². The van der Waals surface area contributed by atoms with E-state index in [1.807, 2.05) is 0 Å². The van der Waals surface area contributed by atoms with Crippen LogP contribution >= 0.6 is 0 Å². The lowest BCUT2D eigenvalue weighted by atomic mass is 10.1. The molecule has 0 aliphatic carbocycles. The molecule has 1 aromatic rings. The van der Waals surface area contributed by atoms with Crippen molar-refractivity contribution in [3.8, 4) is 0 Å². The molecule has 0 saturated carbocycles. The number of nitrogen functional groups attached to an aromatic ring is 1. The van der Waals surface area contributed by atoms with Crippen LogP contribution in [0.1, 0.15) is 12.8 Å². The van der Waals surface area contributed by atoms with Crippen LogP contribution in [-0.2, 0) is 9.59 Å². The molecule has 1 atom stereocenters. The second-order valence-electron chi connectivity index (χ2n) is 4.18. The van der Waals surface area contributed by atoms with Crippen molar-refractivity contribution in [2.24, 2.45) is 0 Å². The van der Waals surface area contributed by atoms with Crippen LogP contribution in [0.4, 0.5) is 17.1 Å². The first-order chi connectivity index (χ1) is 8.97. The van der Waals surface area contributed by atoms with E-state index >= 15 is 0 Å². The molecule has 100 valence electrons. The Kier molecular flexibility index (Phi) is 3.32. The molecule has 4 N–H and O–H groups in total. The molecular weight excluding hydrogens is 252 g/mol. The van der Waals surface area contributed by atoms with E-state index in [1.54, 1.807) is 0 Å². The highest BCUT2D eigenvalue weighted by Gasteiger charge is 2.26. The summed E-state index contributed by atoms with van der Waals surface area (Å²) in [5, 5.41) is 15.7. The van der Waals surface area contributed by atoms with E-state index in [1.165, 1.54) is 18.2 Å². The van der Waals surface area contributed by atoms with Crippen LogP contribution in [0.15, 0.2) is 18.2 Å². The molecule has 1 saturated heterocycles. The molecule has 8 nitrogen and oxygen atoms in total. The molecule has 0 aromatic heterocycles. The van der Waals surface area contributed by atoms with E-state index in [-0.39, 0.29) is 23.7 Å². The number of nitro groups is 1. The molecule has 1 aliphatic heterocycles. The number of piperidine rings is 1. The van der Waals surface area contributed by atoms with E-state index in [2.05, 4.69) is 10.6 Å². The first-order valence-corrected chi connectivity index (χ1v) is 5.61. The van der Waals surface area contributed by atoms with Crippen LogP contribution in [0.5, 0.6) is 0 Å². The van der Waals surface area contributed by atoms with Crippen LogP contribution in [0.3, 0.4) is 0 Å². The Morgan fingerprint density at radius 3 is 2.74 bits per heavy atom. The van der Waals surface area contributed by atoms with Crippen molar-refractivity contribution < 1.29 is 14.5 Å². The summed E-state index contributed by atoms with van der Waals surface area (Å²) < 4.78 is 0. The predicted molar refractivity (Wildman–Crippen MR) is 67.3 cm³/mol. The number of benzene rings is 1. The number of carbonyl (C=O) groups is 2. The molecule has 19 heavy (non-hydrogen) atoms. The maximum absolute atomic E-state index is 11.5. The Hall–Kier alpha value is -2.64. The molecule has 1 unspecified atom stereocenters. The van der Waals surface area contributed by atoms with E-state index in [4.69, 9.17) is 5.73 Å². The zero-order valence-electron chi connectivity index (χ0n) is 9.88. The first kappa shape index (κ1) is 12.8. The Morgan fingerprint density at radius 1 is 1.42 bits per heavy atom. The fourth-order valence-electron chi connectivity index (χ4n) is 1.84. The van der Waals surface area contributed by atoms with Gasteiger partial charge in [-0.3, -0.25) is 25.0 Å². The molecule has 0 radical (unpaired) electrons. The largest absolute Gasteiger partial charge is 0.393 e. The molecule has 0 spiro atoms. The van der Waals surface area contributed by atoms with Crippen molar-refractivity contribution in [1.82, 2.24) is 5.32 Å². The molecule has 1 heterocycles. The highest BCUT2D eigenvalue weighted by molar-refractivity contribution is 6.01. The smallest absolute Gasteiger partial charge is 0.292 e. The zero-order chi connectivity index (χ0) is 14.0. The number of nitrogens with two attached hydrogens (primary N) is 1. The van der Waals surface area contributed by atoms with E-state index < -0.39 is 16.9 Å². The highest BCUT2D eigenvalue weighted by atomic mass is 16.6. The average Bonchev–Trinajstić information content (AvgIpc) is 2.32. The normalized spacial score (nSPS) is 18.8. The van der Waals surface area contributed by atoms with Gasteiger partial charge in [0.15, 0.2) is 0 Å². The van der Waals surface area contributed by atoms with Crippen LogP contribution in [-0.4, -0.2) is 22.8 Å². The van der Waals surface area contributed by atoms with Crippen LogP contribution < -0.4 is 16.4 Å². The molecule has 1 aromatic carbocycles. The van der Waals surface area contributed by atoms with Crippen LogP contribution in [0.2, 0.25) is 0 Å². The molecule has 2 rings (SSSR count). The number of rotatable bonds is 3. The topological polar surface area (TPSA) is 127 Å². The summed E-state index contributed by atoms with van der Waals surface area (Å²) in [6.45, 7) is 0. The molecule has 8 heteroatoms. The summed E-state index contributed by atoms with van der Waals surface area (Å²) in [7, 11) is 0. The lowest BCUT2D eigenvalue weighted by Crippen LogP contribution is -2.47. The Balaban J connectivity index is 2.11. The third-order valence-corrected chi connectivity index (χ3v) is 2.80. The van der Waals surface area contributed by atoms with Crippen molar-refractivity contribution in [2.45, 2.75) is 18.9 Å². The van der Waals surface area contributed by atoms with Gasteiger partial charge >= 0.3 is 0 Å². The summed E-state index contributed by atoms with van der Waals surface area (Å²) in [4.78, 5) is 32.6. The lowest BCUT2D eigenvalue weighted by Gasteiger charge is -2.22. The molecular formula is C11H12N4O4. The van der Waals surface area contributed by atoms with Crippen molar-refractivity contribution in [2.75, 3.05) is 11.1 Å². The predicted octanol–water partition coefficient (Wildman–Crippen LogP) is 0.394. The number of hydrogen-bond donors (Lipinski definition) is 3. The molecule has 0 bridgehead atoms. The van der Waals surface area contributed by atoms with Gasteiger partial charge in [0.2, 0.25) is 11.8 Å². The van der Waals surface area contributed by atoms with Gasteiger partial charge in [0.25, 0.3) is 5.69 Å². The van der Waals surface area contributed by atoms with Gasteiger partial charge < -0.3 is 11.1 Å². The van der Waals surface area contributed by atoms with Crippen molar-refractivity contribution in [3.63, 3.8) is 0 Å². The SMILES string of the molecule is Nc1cc(NC2CCC(=O)NC2=O)ccc1[N+](=O)[O-]. The maximum atomic E-state index is 11.5. The number of carbonyl (C=O) groups excluding carboxylic acids is 2. The number of nitro benzene ring substituents is 1. The summed E-state index contributed by atoms with van der Waals surface area (Å²) in [6.07, 6.45) is 0.632. The number of amides is 2. The van der Waals surface area contributed by atoms with Crippen LogP contribution in [0.25, 0.3) is 0 Å². The molecule has 1 aliphatic rings. The van der Waals surface area contributed by atoms with Gasteiger partial charge in [-0.05, 0) is 18.6 Å². The third-order valence-electron chi connectivity index (χ3n) is 2.80. The van der Waals surface area contributed by atoms with E-state index in [0.29, 0.717) is 12.1 Å². The quantitative estimate of drug-likeness (QED) is 0.313. The molecule has 2 amide bonds.